The van der Waals surface area contributed by atoms with E-state index in [0.717, 1.165) is 28.4 Å². The van der Waals surface area contributed by atoms with Gasteiger partial charge in [-0.25, -0.2) is 0 Å². The van der Waals surface area contributed by atoms with Gasteiger partial charge in [0, 0.05) is 17.0 Å². The van der Waals surface area contributed by atoms with E-state index in [4.69, 9.17) is 9.84 Å². The quantitative estimate of drug-likeness (QED) is 0.908. The Morgan fingerprint density at radius 3 is 2.76 bits per heavy atom. The second-order valence-electron chi connectivity index (χ2n) is 4.56. The highest BCUT2D eigenvalue weighted by atomic mass is 79.9. The summed E-state index contributed by atoms with van der Waals surface area (Å²) < 4.78 is 6.17. The minimum atomic E-state index is -0.735. The molecule has 1 saturated carbocycles. The van der Waals surface area contributed by atoms with Crippen molar-refractivity contribution in [2.24, 2.45) is 0 Å². The van der Waals surface area contributed by atoms with Crippen LogP contribution in [0.15, 0.2) is 22.7 Å². The predicted molar refractivity (Wildman–Crippen MR) is 68.0 cm³/mol. The summed E-state index contributed by atoms with van der Waals surface area (Å²) >= 11 is 3.53. The normalized spacial score (nSPS) is 16.8. The van der Waals surface area contributed by atoms with Crippen LogP contribution in [0.25, 0.3) is 0 Å². The Bertz CT molecular complexity index is 438. The molecule has 0 unspecified atom stereocenters. The number of methoxy groups -OCH3 is 1. The van der Waals surface area contributed by atoms with Crippen LogP contribution >= 0.6 is 15.9 Å². The van der Waals surface area contributed by atoms with Gasteiger partial charge < -0.3 is 9.84 Å². The topological polar surface area (TPSA) is 46.5 Å². The van der Waals surface area contributed by atoms with Crippen molar-refractivity contribution in [3.63, 3.8) is 0 Å². The van der Waals surface area contributed by atoms with Crippen molar-refractivity contribution in [1.82, 2.24) is 0 Å². The summed E-state index contributed by atoms with van der Waals surface area (Å²) in [5.74, 6) is -0.735. The Kier molecular flexibility index (Phi) is 3.54. The van der Waals surface area contributed by atoms with Gasteiger partial charge in [-0.3, -0.25) is 4.79 Å². The smallest absolute Gasteiger partial charge is 0.304 e. The summed E-state index contributed by atoms with van der Waals surface area (Å²) in [5.41, 5.74) is 2.02. The second kappa shape index (κ2) is 4.78. The van der Waals surface area contributed by atoms with E-state index in [0.29, 0.717) is 6.61 Å². The van der Waals surface area contributed by atoms with Crippen molar-refractivity contribution in [2.45, 2.75) is 31.3 Å². The Morgan fingerprint density at radius 1 is 1.53 bits per heavy atom. The van der Waals surface area contributed by atoms with Gasteiger partial charge in [-0.15, -0.1) is 0 Å². The van der Waals surface area contributed by atoms with Crippen LogP contribution in [0.4, 0.5) is 0 Å². The molecule has 17 heavy (non-hydrogen) atoms. The lowest BCUT2D eigenvalue weighted by molar-refractivity contribution is -0.137. The number of carboxylic acid groups (broad SMARTS) is 1. The third-order valence-electron chi connectivity index (χ3n) is 3.27. The fourth-order valence-corrected chi connectivity index (χ4v) is 3.22. The highest BCUT2D eigenvalue weighted by molar-refractivity contribution is 9.10. The van der Waals surface area contributed by atoms with Gasteiger partial charge in [0.1, 0.15) is 0 Å². The molecule has 0 spiro atoms. The van der Waals surface area contributed by atoms with Gasteiger partial charge in [-0.2, -0.15) is 0 Å². The highest BCUT2D eigenvalue weighted by Crippen LogP contribution is 2.54. The van der Waals surface area contributed by atoms with Gasteiger partial charge in [-0.05, 0) is 30.0 Å². The van der Waals surface area contributed by atoms with Gasteiger partial charge in [0.25, 0.3) is 0 Å². The molecule has 0 bridgehead atoms. The summed E-state index contributed by atoms with van der Waals surface area (Å²) in [7, 11) is 1.65. The SMILES string of the molecule is COCc1cccc(Br)c1C1(CC(=O)O)CC1. The summed E-state index contributed by atoms with van der Waals surface area (Å²) in [6.45, 7) is 0.524. The van der Waals surface area contributed by atoms with Gasteiger partial charge in [0.2, 0.25) is 0 Å². The highest BCUT2D eigenvalue weighted by Gasteiger charge is 2.48. The molecule has 0 heterocycles. The molecule has 2 rings (SSSR count). The lowest BCUT2D eigenvalue weighted by Crippen LogP contribution is -2.16. The Hall–Kier alpha value is -0.870. The zero-order valence-corrected chi connectivity index (χ0v) is 11.3. The molecule has 0 aliphatic heterocycles. The maximum Gasteiger partial charge on any atom is 0.304 e. The molecule has 92 valence electrons. The Balaban J connectivity index is 2.39. The summed E-state index contributed by atoms with van der Waals surface area (Å²) in [6, 6.07) is 5.93. The standard InChI is InChI=1S/C13H15BrO3/c1-17-8-9-3-2-4-10(14)12(9)13(5-6-13)7-11(15)16/h2-4H,5-8H2,1H3,(H,15,16). The van der Waals surface area contributed by atoms with Crippen molar-refractivity contribution in [2.75, 3.05) is 7.11 Å². The lowest BCUT2D eigenvalue weighted by atomic mass is 9.88. The summed E-state index contributed by atoms with van der Waals surface area (Å²) in [6.07, 6.45) is 2.09. The number of benzene rings is 1. The van der Waals surface area contributed by atoms with Crippen LogP contribution in [-0.2, 0) is 21.6 Å². The number of hydrogen-bond donors (Lipinski definition) is 1. The first kappa shape index (κ1) is 12.6. The second-order valence-corrected chi connectivity index (χ2v) is 5.41. The fourth-order valence-electron chi connectivity index (χ4n) is 2.39. The molecule has 1 N–H and O–H groups in total. The van der Waals surface area contributed by atoms with Gasteiger partial charge in [0.05, 0.1) is 13.0 Å². The molecule has 1 aliphatic rings. The van der Waals surface area contributed by atoms with Crippen LogP contribution in [0, 0.1) is 0 Å². The fraction of sp³-hybridized carbons (Fsp3) is 0.462. The number of hydrogen-bond acceptors (Lipinski definition) is 2. The van der Waals surface area contributed by atoms with Crippen molar-refractivity contribution in [3.05, 3.63) is 33.8 Å². The van der Waals surface area contributed by atoms with Crippen LogP contribution in [0.1, 0.15) is 30.4 Å². The molecule has 4 heteroatoms. The first-order valence-corrected chi connectivity index (χ1v) is 6.37. The van der Waals surface area contributed by atoms with Crippen LogP contribution < -0.4 is 0 Å². The monoisotopic (exact) mass is 298 g/mol. The zero-order valence-electron chi connectivity index (χ0n) is 9.70. The average molecular weight is 299 g/mol. The molecule has 1 fully saturated rings. The first-order valence-electron chi connectivity index (χ1n) is 5.58. The zero-order chi connectivity index (χ0) is 12.5. The summed E-state index contributed by atoms with van der Waals surface area (Å²) in [4.78, 5) is 11.0. The molecule has 3 nitrogen and oxygen atoms in total. The molecule has 0 aromatic heterocycles. The predicted octanol–water partition coefficient (Wildman–Crippen LogP) is 3.10. The van der Waals surface area contributed by atoms with Gasteiger partial charge in [-0.1, -0.05) is 28.1 Å². The van der Waals surface area contributed by atoms with Crippen molar-refractivity contribution in [3.8, 4) is 0 Å². The molecule has 0 atom stereocenters. The number of ether oxygens (including phenoxy) is 1. The minimum Gasteiger partial charge on any atom is -0.481 e. The van der Waals surface area contributed by atoms with E-state index >= 15 is 0 Å². The average Bonchev–Trinajstić information content (AvgIpc) is 2.98. The lowest BCUT2D eigenvalue weighted by Gasteiger charge is -2.19. The van der Waals surface area contributed by atoms with E-state index in [1.165, 1.54) is 0 Å². The Morgan fingerprint density at radius 2 is 2.24 bits per heavy atom. The van der Waals surface area contributed by atoms with Crippen LogP contribution in [0.5, 0.6) is 0 Å². The van der Waals surface area contributed by atoms with Crippen LogP contribution in [0.3, 0.4) is 0 Å². The maximum atomic E-state index is 11.0. The van der Waals surface area contributed by atoms with E-state index < -0.39 is 5.97 Å². The largest absolute Gasteiger partial charge is 0.481 e. The van der Waals surface area contributed by atoms with Gasteiger partial charge in [0.15, 0.2) is 0 Å². The van der Waals surface area contributed by atoms with Crippen LogP contribution in [0.2, 0.25) is 0 Å². The molecule has 1 aliphatic carbocycles. The molecular formula is C13H15BrO3. The van der Waals surface area contributed by atoms with E-state index in [2.05, 4.69) is 15.9 Å². The van der Waals surface area contributed by atoms with E-state index in [1.807, 2.05) is 18.2 Å². The van der Waals surface area contributed by atoms with E-state index in [1.54, 1.807) is 7.11 Å². The maximum absolute atomic E-state index is 11.0. The van der Waals surface area contributed by atoms with Crippen molar-refractivity contribution >= 4 is 21.9 Å². The van der Waals surface area contributed by atoms with Crippen molar-refractivity contribution < 1.29 is 14.6 Å². The third-order valence-corrected chi connectivity index (χ3v) is 3.93. The van der Waals surface area contributed by atoms with Crippen molar-refractivity contribution in [1.29, 1.82) is 0 Å². The number of halogens is 1. The molecule has 1 aromatic carbocycles. The summed E-state index contributed by atoms with van der Waals surface area (Å²) in [5, 5.41) is 9.02. The first-order chi connectivity index (χ1) is 8.09. The minimum absolute atomic E-state index is 0.181. The Labute approximate surface area is 109 Å². The number of rotatable bonds is 5. The molecular weight excluding hydrogens is 284 g/mol. The molecule has 0 radical (unpaired) electrons. The van der Waals surface area contributed by atoms with Gasteiger partial charge >= 0.3 is 5.97 Å². The number of aliphatic carboxylic acids is 1. The molecule has 0 saturated heterocycles. The number of carbonyl (C=O) groups is 1. The van der Waals surface area contributed by atoms with Crippen LogP contribution in [-0.4, -0.2) is 18.2 Å². The third kappa shape index (κ3) is 2.53. The molecule has 1 aromatic rings. The van der Waals surface area contributed by atoms with E-state index in [9.17, 15) is 4.79 Å². The van der Waals surface area contributed by atoms with E-state index in [-0.39, 0.29) is 11.8 Å². The number of carboxylic acids is 1. The molecule has 0 amide bonds.